The van der Waals surface area contributed by atoms with Crippen molar-refractivity contribution in [3.63, 3.8) is 0 Å². The van der Waals surface area contributed by atoms with Crippen molar-refractivity contribution in [1.82, 2.24) is 0 Å². The molecule has 2 aliphatic carbocycles. The summed E-state index contributed by atoms with van der Waals surface area (Å²) in [6.45, 7) is 0.917. The van der Waals surface area contributed by atoms with Crippen LogP contribution in [0.4, 0.5) is 0 Å². The maximum Gasteiger partial charge on any atom is 0.309 e. The Morgan fingerprint density at radius 2 is 1.46 bits per heavy atom. The molecule has 0 spiro atoms. The molecule has 1 saturated heterocycles. The number of fused-ring (bicyclic) bond motifs is 1. The lowest BCUT2D eigenvalue weighted by Gasteiger charge is -2.24. The lowest BCUT2D eigenvalue weighted by Crippen LogP contribution is -2.27. The molecule has 0 radical (unpaired) electrons. The molecule has 5 unspecified atom stereocenters. The Bertz CT molecular complexity index is 455. The average molecular weight is 368 g/mol. The third-order valence-electron chi connectivity index (χ3n) is 5.84. The Kier molecular flexibility index (Phi) is 7.32. The highest BCUT2D eigenvalue weighted by molar-refractivity contribution is 5.73. The summed E-state index contributed by atoms with van der Waals surface area (Å²) >= 11 is 0. The quantitative estimate of drug-likeness (QED) is 0.383. The number of unbranched alkanes of at least 4 members (excludes halogenated alkanes) is 3. The minimum Gasteiger partial charge on any atom is -0.465 e. The highest BCUT2D eigenvalue weighted by Crippen LogP contribution is 2.39. The van der Waals surface area contributed by atoms with Crippen molar-refractivity contribution in [2.24, 2.45) is 11.8 Å². The van der Waals surface area contributed by atoms with Crippen LogP contribution >= 0.6 is 0 Å². The molecule has 26 heavy (non-hydrogen) atoms. The summed E-state index contributed by atoms with van der Waals surface area (Å²) in [5, 5.41) is 9.61. The summed E-state index contributed by atoms with van der Waals surface area (Å²) in [7, 11) is 0. The van der Waals surface area contributed by atoms with Gasteiger partial charge in [0.25, 0.3) is 0 Å². The lowest BCUT2D eigenvalue weighted by atomic mass is 9.87. The van der Waals surface area contributed by atoms with Crippen LogP contribution in [0.3, 0.4) is 0 Å². The van der Waals surface area contributed by atoms with E-state index in [9.17, 15) is 14.7 Å². The molecular formula is C20H32O6. The second-order valence-corrected chi connectivity index (χ2v) is 7.99. The highest BCUT2D eigenvalue weighted by Gasteiger charge is 2.46. The van der Waals surface area contributed by atoms with Gasteiger partial charge in [-0.25, -0.2) is 0 Å². The smallest absolute Gasteiger partial charge is 0.309 e. The van der Waals surface area contributed by atoms with E-state index >= 15 is 0 Å². The van der Waals surface area contributed by atoms with Crippen LogP contribution in [-0.4, -0.2) is 48.6 Å². The number of aliphatic hydroxyl groups is 1. The first kappa shape index (κ1) is 19.6. The van der Waals surface area contributed by atoms with Gasteiger partial charge in [0.2, 0.25) is 0 Å². The first-order valence-corrected chi connectivity index (χ1v) is 10.3. The van der Waals surface area contributed by atoms with Crippen molar-refractivity contribution in [1.29, 1.82) is 0 Å². The predicted molar refractivity (Wildman–Crippen MR) is 94.4 cm³/mol. The Labute approximate surface area is 155 Å². The molecule has 0 bridgehead atoms. The third kappa shape index (κ3) is 5.95. The van der Waals surface area contributed by atoms with Crippen molar-refractivity contribution >= 4 is 11.9 Å². The number of rotatable bonds is 9. The molecule has 1 aliphatic heterocycles. The Morgan fingerprint density at radius 3 is 2.08 bits per heavy atom. The summed E-state index contributed by atoms with van der Waals surface area (Å²) in [6, 6.07) is 0. The number of hydrogen-bond donors (Lipinski definition) is 1. The fraction of sp³-hybridized carbons (Fsp3) is 0.900. The fourth-order valence-electron chi connectivity index (χ4n) is 4.14. The van der Waals surface area contributed by atoms with Crippen molar-refractivity contribution in [2.45, 2.75) is 88.9 Å². The number of carbonyl (C=O) groups is 2. The molecule has 3 fully saturated rings. The largest absolute Gasteiger partial charge is 0.465 e. The SMILES string of the molecule is O=C(OCCCCCCOC(=O)C1CCC2OC2C1)C1CCCC(O)C1. The van der Waals surface area contributed by atoms with Crippen LogP contribution < -0.4 is 0 Å². The van der Waals surface area contributed by atoms with Gasteiger partial charge in [-0.15, -0.1) is 0 Å². The van der Waals surface area contributed by atoms with E-state index in [0.29, 0.717) is 31.8 Å². The van der Waals surface area contributed by atoms with E-state index in [1.807, 2.05) is 0 Å². The summed E-state index contributed by atoms with van der Waals surface area (Å²) in [5.41, 5.74) is 0. The highest BCUT2D eigenvalue weighted by atomic mass is 16.6. The molecular weight excluding hydrogens is 336 g/mol. The summed E-state index contributed by atoms with van der Waals surface area (Å²) in [5.74, 6) is -0.333. The number of hydrogen-bond acceptors (Lipinski definition) is 6. The normalized spacial score (nSPS) is 33.2. The van der Waals surface area contributed by atoms with Gasteiger partial charge in [-0.3, -0.25) is 9.59 Å². The summed E-state index contributed by atoms with van der Waals surface area (Å²) < 4.78 is 16.1. The molecule has 148 valence electrons. The van der Waals surface area contributed by atoms with Crippen molar-refractivity contribution in [3.8, 4) is 0 Å². The lowest BCUT2D eigenvalue weighted by molar-refractivity contribution is -0.151. The van der Waals surface area contributed by atoms with Crippen LogP contribution in [0.1, 0.15) is 70.6 Å². The van der Waals surface area contributed by atoms with Crippen LogP contribution in [-0.2, 0) is 23.8 Å². The summed E-state index contributed by atoms with van der Waals surface area (Å²) in [4.78, 5) is 23.9. The fourth-order valence-corrected chi connectivity index (χ4v) is 4.14. The van der Waals surface area contributed by atoms with Crippen LogP contribution in [0.15, 0.2) is 0 Å². The van der Waals surface area contributed by atoms with Crippen molar-refractivity contribution < 1.29 is 28.9 Å². The van der Waals surface area contributed by atoms with Gasteiger partial charge >= 0.3 is 11.9 Å². The van der Waals surface area contributed by atoms with Gasteiger partial charge in [0.15, 0.2) is 0 Å². The van der Waals surface area contributed by atoms with E-state index in [1.54, 1.807) is 0 Å². The number of carbonyl (C=O) groups excluding carboxylic acids is 2. The van der Waals surface area contributed by atoms with Crippen molar-refractivity contribution in [3.05, 3.63) is 0 Å². The van der Waals surface area contributed by atoms with Gasteiger partial charge < -0.3 is 19.3 Å². The first-order valence-electron chi connectivity index (χ1n) is 10.3. The van der Waals surface area contributed by atoms with Gasteiger partial charge in [-0.05, 0) is 64.2 Å². The van der Waals surface area contributed by atoms with Crippen LogP contribution in [0.5, 0.6) is 0 Å². The molecule has 3 aliphatic rings. The molecule has 5 atom stereocenters. The Morgan fingerprint density at radius 1 is 0.808 bits per heavy atom. The maximum absolute atomic E-state index is 12.0. The van der Waals surface area contributed by atoms with E-state index in [0.717, 1.165) is 64.2 Å². The molecule has 1 heterocycles. The van der Waals surface area contributed by atoms with E-state index in [2.05, 4.69) is 0 Å². The average Bonchev–Trinajstić information content (AvgIpc) is 3.42. The molecule has 0 aromatic rings. The molecule has 2 saturated carbocycles. The minimum atomic E-state index is -0.351. The molecule has 0 aromatic carbocycles. The number of esters is 2. The van der Waals surface area contributed by atoms with Crippen molar-refractivity contribution in [2.75, 3.05) is 13.2 Å². The van der Waals surface area contributed by atoms with E-state index < -0.39 is 0 Å². The molecule has 0 aromatic heterocycles. The minimum absolute atomic E-state index is 0.0245. The molecule has 6 nitrogen and oxygen atoms in total. The van der Waals surface area contributed by atoms with Crippen LogP contribution in [0.2, 0.25) is 0 Å². The van der Waals surface area contributed by atoms with E-state index in [-0.39, 0.29) is 29.9 Å². The zero-order valence-electron chi connectivity index (χ0n) is 15.6. The standard InChI is InChI=1S/C20H32O6/c21-16-7-5-6-14(12-16)19(22)24-10-3-1-2-4-11-25-20(23)15-8-9-17-18(13-15)26-17/h14-18,21H,1-13H2. The first-order chi connectivity index (χ1) is 12.6. The third-order valence-corrected chi connectivity index (χ3v) is 5.84. The second kappa shape index (κ2) is 9.70. The van der Waals surface area contributed by atoms with E-state index in [4.69, 9.17) is 14.2 Å². The second-order valence-electron chi connectivity index (χ2n) is 7.99. The predicted octanol–water partition coefficient (Wildman–Crippen LogP) is 2.75. The van der Waals surface area contributed by atoms with Crippen LogP contribution in [0.25, 0.3) is 0 Å². The van der Waals surface area contributed by atoms with Gasteiger partial charge in [-0.2, -0.15) is 0 Å². The van der Waals surface area contributed by atoms with Gasteiger partial charge in [0.05, 0.1) is 43.4 Å². The molecule has 3 rings (SSSR count). The van der Waals surface area contributed by atoms with Crippen LogP contribution in [0, 0.1) is 11.8 Å². The van der Waals surface area contributed by atoms with E-state index in [1.165, 1.54) is 0 Å². The zero-order valence-corrected chi connectivity index (χ0v) is 15.6. The molecule has 0 amide bonds. The van der Waals surface area contributed by atoms with Gasteiger partial charge in [0, 0.05) is 0 Å². The molecule has 1 N–H and O–H groups in total. The maximum atomic E-state index is 12.0. The van der Waals surface area contributed by atoms with Gasteiger partial charge in [-0.1, -0.05) is 6.42 Å². The number of ether oxygens (including phenoxy) is 3. The monoisotopic (exact) mass is 368 g/mol. The number of epoxide rings is 1. The topological polar surface area (TPSA) is 85.4 Å². The number of aliphatic hydroxyl groups excluding tert-OH is 1. The Balaban J connectivity index is 1.14. The van der Waals surface area contributed by atoms with Gasteiger partial charge in [0.1, 0.15) is 0 Å². The molecule has 6 heteroatoms. The summed E-state index contributed by atoms with van der Waals surface area (Å²) in [6.07, 6.45) is 9.74. The zero-order chi connectivity index (χ0) is 18.4. The Hall–Kier alpha value is -1.14.